The summed E-state index contributed by atoms with van der Waals surface area (Å²) in [6.45, 7) is 3.09. The molecule has 1 fully saturated rings. The van der Waals surface area contributed by atoms with Crippen molar-refractivity contribution in [3.8, 4) is 0 Å². The third kappa shape index (κ3) is 4.55. The molecule has 0 aliphatic carbocycles. The van der Waals surface area contributed by atoms with Gasteiger partial charge in [0.05, 0.1) is 23.0 Å². The Hall–Kier alpha value is -3.75. The van der Waals surface area contributed by atoms with E-state index in [0.717, 1.165) is 18.5 Å². The molecular formula is C22H24N6O3. The number of amides is 1. The van der Waals surface area contributed by atoms with Gasteiger partial charge in [-0.25, -0.2) is 4.98 Å². The molecule has 3 heterocycles. The second-order valence-corrected chi connectivity index (χ2v) is 7.64. The molecule has 2 aromatic heterocycles. The molecule has 9 nitrogen and oxygen atoms in total. The number of pyridine rings is 1. The number of anilines is 1. The fraction of sp³-hybridized carbons (Fsp3) is 0.318. The van der Waals surface area contributed by atoms with Gasteiger partial charge in [0.25, 0.3) is 11.6 Å². The van der Waals surface area contributed by atoms with Gasteiger partial charge in [-0.2, -0.15) is 0 Å². The fourth-order valence-corrected chi connectivity index (χ4v) is 3.91. The summed E-state index contributed by atoms with van der Waals surface area (Å²) in [6.07, 6.45) is 8.81. The van der Waals surface area contributed by atoms with Crippen LogP contribution in [0.2, 0.25) is 0 Å². The molecule has 1 aliphatic heterocycles. The molecule has 4 rings (SSSR count). The third-order valence-electron chi connectivity index (χ3n) is 5.64. The van der Waals surface area contributed by atoms with Crippen molar-refractivity contribution in [2.24, 2.45) is 0 Å². The zero-order valence-corrected chi connectivity index (χ0v) is 17.2. The van der Waals surface area contributed by atoms with Crippen molar-refractivity contribution in [3.05, 3.63) is 82.7 Å². The molecule has 1 atom stereocenters. The van der Waals surface area contributed by atoms with Gasteiger partial charge in [0, 0.05) is 49.4 Å². The predicted molar refractivity (Wildman–Crippen MR) is 116 cm³/mol. The Labute approximate surface area is 179 Å². The molecule has 0 spiro atoms. The third-order valence-corrected chi connectivity index (χ3v) is 5.64. The summed E-state index contributed by atoms with van der Waals surface area (Å²) in [6, 6.07) is 10.2. The Morgan fingerprint density at radius 1 is 1.23 bits per heavy atom. The molecule has 1 aromatic carbocycles. The van der Waals surface area contributed by atoms with Crippen LogP contribution in [0.1, 0.15) is 47.9 Å². The second kappa shape index (κ2) is 8.95. The number of carbonyl (C=O) groups excluding carboxylic acids is 1. The van der Waals surface area contributed by atoms with Crippen molar-refractivity contribution >= 4 is 17.3 Å². The van der Waals surface area contributed by atoms with Crippen molar-refractivity contribution in [2.75, 3.05) is 18.4 Å². The Morgan fingerprint density at radius 2 is 2.03 bits per heavy atom. The van der Waals surface area contributed by atoms with Crippen LogP contribution in [0.15, 0.2) is 61.3 Å². The van der Waals surface area contributed by atoms with Crippen molar-refractivity contribution < 1.29 is 9.72 Å². The highest BCUT2D eigenvalue weighted by Crippen LogP contribution is 2.30. The van der Waals surface area contributed by atoms with E-state index in [0.29, 0.717) is 30.4 Å². The van der Waals surface area contributed by atoms with Crippen LogP contribution in [0.5, 0.6) is 0 Å². The highest BCUT2D eigenvalue weighted by atomic mass is 16.6. The predicted octanol–water partition coefficient (Wildman–Crippen LogP) is 3.84. The number of likely N-dealkylation sites (tertiary alicyclic amines) is 1. The first-order chi connectivity index (χ1) is 15.0. The van der Waals surface area contributed by atoms with Crippen molar-refractivity contribution in [1.29, 1.82) is 0 Å². The maximum atomic E-state index is 13.0. The van der Waals surface area contributed by atoms with Crippen LogP contribution in [-0.2, 0) is 0 Å². The minimum Gasteiger partial charge on any atom is -0.371 e. The van der Waals surface area contributed by atoms with E-state index in [1.54, 1.807) is 35.8 Å². The Morgan fingerprint density at radius 3 is 2.68 bits per heavy atom. The number of nitro groups is 1. The molecule has 160 valence electrons. The van der Waals surface area contributed by atoms with E-state index in [4.69, 9.17) is 0 Å². The van der Waals surface area contributed by atoms with Crippen molar-refractivity contribution in [1.82, 2.24) is 19.4 Å². The molecule has 1 amide bonds. The molecular weight excluding hydrogens is 396 g/mol. The van der Waals surface area contributed by atoms with E-state index in [1.165, 1.54) is 6.07 Å². The summed E-state index contributed by atoms with van der Waals surface area (Å²) in [5.41, 5.74) is 1.34. The lowest BCUT2D eigenvalue weighted by molar-refractivity contribution is -0.384. The summed E-state index contributed by atoms with van der Waals surface area (Å²) in [4.78, 5) is 34.3. The Bertz CT molecular complexity index is 1050. The number of nitrogens with one attached hydrogen (secondary N) is 1. The molecule has 1 unspecified atom stereocenters. The average molecular weight is 420 g/mol. The summed E-state index contributed by atoms with van der Waals surface area (Å²) in [5, 5.41) is 14.8. The van der Waals surface area contributed by atoms with Crippen LogP contribution < -0.4 is 5.32 Å². The van der Waals surface area contributed by atoms with E-state index < -0.39 is 4.92 Å². The number of hydrogen-bond donors (Lipinski definition) is 1. The maximum Gasteiger partial charge on any atom is 0.293 e. The summed E-state index contributed by atoms with van der Waals surface area (Å²) < 4.78 is 2.07. The van der Waals surface area contributed by atoms with Gasteiger partial charge in [-0.3, -0.25) is 19.9 Å². The SMILES string of the molecule is CC(Nc1ccc(C(=O)N2CCC(n3ccnc3)CC2)cc1[N+](=O)[O-])c1ccccn1. The van der Waals surface area contributed by atoms with Crippen LogP contribution >= 0.6 is 0 Å². The van der Waals surface area contributed by atoms with Crippen LogP contribution in [0.3, 0.4) is 0 Å². The van der Waals surface area contributed by atoms with Gasteiger partial charge >= 0.3 is 0 Å². The monoisotopic (exact) mass is 420 g/mol. The van der Waals surface area contributed by atoms with E-state index in [2.05, 4.69) is 19.9 Å². The van der Waals surface area contributed by atoms with Gasteiger partial charge in [-0.05, 0) is 44.0 Å². The number of nitro benzene ring substituents is 1. The summed E-state index contributed by atoms with van der Waals surface area (Å²) in [5.74, 6) is -0.184. The molecule has 0 saturated carbocycles. The van der Waals surface area contributed by atoms with Gasteiger partial charge in [0.15, 0.2) is 0 Å². The number of nitrogens with zero attached hydrogens (tertiary/aromatic N) is 5. The van der Waals surface area contributed by atoms with Gasteiger partial charge in [-0.1, -0.05) is 6.07 Å². The van der Waals surface area contributed by atoms with E-state index >= 15 is 0 Å². The summed E-state index contributed by atoms with van der Waals surface area (Å²) >= 11 is 0. The lowest BCUT2D eigenvalue weighted by atomic mass is 10.0. The van der Waals surface area contributed by atoms with Gasteiger partial charge in [0.2, 0.25) is 0 Å². The van der Waals surface area contributed by atoms with Gasteiger partial charge in [0.1, 0.15) is 5.69 Å². The lowest BCUT2D eigenvalue weighted by Crippen LogP contribution is -2.38. The minimum atomic E-state index is -0.463. The van der Waals surface area contributed by atoms with Crippen molar-refractivity contribution in [2.45, 2.75) is 31.8 Å². The largest absolute Gasteiger partial charge is 0.371 e. The molecule has 1 N–H and O–H groups in total. The Kier molecular flexibility index (Phi) is 5.92. The maximum absolute atomic E-state index is 13.0. The highest BCUT2D eigenvalue weighted by molar-refractivity contribution is 5.95. The molecule has 0 radical (unpaired) electrons. The molecule has 1 aliphatic rings. The van der Waals surface area contributed by atoms with Crippen LogP contribution in [0.4, 0.5) is 11.4 Å². The molecule has 0 bridgehead atoms. The second-order valence-electron chi connectivity index (χ2n) is 7.64. The standard InChI is InChI=1S/C22H24N6O3/c1-16(19-4-2-3-9-24-19)25-20-6-5-17(14-21(20)28(30)31)22(29)26-11-7-18(8-12-26)27-13-10-23-15-27/h2-6,9-10,13-16,18,25H,7-8,11-12H2,1H3. The first-order valence-corrected chi connectivity index (χ1v) is 10.3. The van der Waals surface area contributed by atoms with E-state index in [-0.39, 0.29) is 17.6 Å². The minimum absolute atomic E-state index is 0.123. The fourth-order valence-electron chi connectivity index (χ4n) is 3.91. The van der Waals surface area contributed by atoms with Gasteiger partial charge < -0.3 is 14.8 Å². The van der Waals surface area contributed by atoms with Crippen molar-refractivity contribution in [3.63, 3.8) is 0 Å². The zero-order chi connectivity index (χ0) is 21.8. The molecule has 3 aromatic rings. The van der Waals surface area contributed by atoms with Gasteiger partial charge in [-0.15, -0.1) is 0 Å². The number of hydrogen-bond acceptors (Lipinski definition) is 6. The topological polar surface area (TPSA) is 106 Å². The highest BCUT2D eigenvalue weighted by Gasteiger charge is 2.26. The Balaban J connectivity index is 1.47. The van der Waals surface area contributed by atoms with Crippen LogP contribution in [-0.4, -0.2) is 43.4 Å². The lowest BCUT2D eigenvalue weighted by Gasteiger charge is -2.32. The molecule has 1 saturated heterocycles. The number of benzene rings is 1. The number of rotatable bonds is 6. The number of imidazole rings is 1. The van der Waals surface area contributed by atoms with E-state index in [1.807, 2.05) is 31.3 Å². The molecule has 9 heteroatoms. The first-order valence-electron chi connectivity index (χ1n) is 10.3. The quantitative estimate of drug-likeness (QED) is 0.480. The number of carbonyl (C=O) groups is 1. The normalized spacial score (nSPS) is 15.5. The van der Waals surface area contributed by atoms with E-state index in [9.17, 15) is 14.9 Å². The van der Waals surface area contributed by atoms with Crippen LogP contribution in [0.25, 0.3) is 0 Å². The van der Waals surface area contributed by atoms with Crippen LogP contribution in [0, 0.1) is 10.1 Å². The smallest absolute Gasteiger partial charge is 0.293 e. The molecule has 31 heavy (non-hydrogen) atoms. The number of aromatic nitrogens is 3. The zero-order valence-electron chi connectivity index (χ0n) is 17.2. The number of piperidine rings is 1. The average Bonchev–Trinajstić information content (AvgIpc) is 3.34. The first kappa shape index (κ1) is 20.5. The summed E-state index contributed by atoms with van der Waals surface area (Å²) in [7, 11) is 0.